The third kappa shape index (κ3) is 5.19. The Bertz CT molecular complexity index is 1170. The molecule has 1 amide bonds. The van der Waals surface area contributed by atoms with Crippen molar-refractivity contribution in [2.24, 2.45) is 0 Å². The van der Waals surface area contributed by atoms with E-state index in [9.17, 15) is 4.79 Å². The quantitative estimate of drug-likeness (QED) is 0.299. The number of ether oxygens (including phenoxy) is 2. The number of halogens is 1. The van der Waals surface area contributed by atoms with Crippen molar-refractivity contribution in [1.29, 1.82) is 0 Å². The highest BCUT2D eigenvalue weighted by Crippen LogP contribution is 2.37. The average molecular weight is 452 g/mol. The molecular formula is C25H22ClNO3S. The van der Waals surface area contributed by atoms with Crippen LogP contribution in [0, 0.1) is 0 Å². The lowest BCUT2D eigenvalue weighted by molar-refractivity contribution is 0.103. The Kier molecular flexibility index (Phi) is 6.75. The summed E-state index contributed by atoms with van der Waals surface area (Å²) in [6, 6.07) is 23.3. The minimum atomic E-state index is -0.235. The van der Waals surface area contributed by atoms with E-state index in [2.05, 4.69) is 17.4 Å². The Morgan fingerprint density at radius 2 is 1.74 bits per heavy atom. The molecule has 0 saturated heterocycles. The number of hydrogen-bond donors (Lipinski definition) is 1. The number of hydrogen-bond acceptors (Lipinski definition) is 4. The number of aryl methyl sites for hydroxylation is 1. The van der Waals surface area contributed by atoms with Crippen LogP contribution in [0.3, 0.4) is 0 Å². The number of thiophene rings is 1. The summed E-state index contributed by atoms with van der Waals surface area (Å²) in [5, 5.41) is 4.21. The monoisotopic (exact) mass is 451 g/mol. The third-order valence-corrected chi connectivity index (χ3v) is 6.53. The molecule has 0 bridgehead atoms. The van der Waals surface area contributed by atoms with Gasteiger partial charge in [0.15, 0.2) is 0 Å². The predicted molar refractivity (Wildman–Crippen MR) is 128 cm³/mol. The summed E-state index contributed by atoms with van der Waals surface area (Å²) in [6.07, 6.45) is 1.93. The van der Waals surface area contributed by atoms with E-state index in [1.54, 1.807) is 7.11 Å². The van der Waals surface area contributed by atoms with Gasteiger partial charge in [0.05, 0.1) is 18.7 Å². The van der Waals surface area contributed by atoms with Gasteiger partial charge in [0.25, 0.3) is 5.91 Å². The lowest BCUT2D eigenvalue weighted by atomic mass is 10.1. The van der Waals surface area contributed by atoms with Crippen LogP contribution >= 0.6 is 22.9 Å². The lowest BCUT2D eigenvalue weighted by Crippen LogP contribution is -2.10. The topological polar surface area (TPSA) is 47.6 Å². The molecule has 0 saturated carbocycles. The van der Waals surface area contributed by atoms with Gasteiger partial charge < -0.3 is 14.8 Å². The number of rotatable bonds is 8. The van der Waals surface area contributed by atoms with Crippen LogP contribution in [0.2, 0.25) is 5.02 Å². The number of amides is 1. The standard InChI is InChI=1S/C25H22ClNO3S/c1-29-20-13-14-21-22(16-20)31-24(23(21)26)25(28)27-18-9-11-19(12-10-18)30-15-5-8-17-6-3-2-4-7-17/h2-4,6-7,9-14,16H,5,8,15H2,1H3,(H,27,28). The molecule has 158 valence electrons. The van der Waals surface area contributed by atoms with Crippen molar-refractivity contribution >= 4 is 44.6 Å². The Labute approximate surface area is 190 Å². The maximum Gasteiger partial charge on any atom is 0.267 e. The molecule has 31 heavy (non-hydrogen) atoms. The largest absolute Gasteiger partial charge is 0.497 e. The van der Waals surface area contributed by atoms with Crippen LogP contribution < -0.4 is 14.8 Å². The summed E-state index contributed by atoms with van der Waals surface area (Å²) < 4.78 is 12.0. The first kappa shape index (κ1) is 21.2. The molecule has 4 nitrogen and oxygen atoms in total. The highest BCUT2D eigenvalue weighted by molar-refractivity contribution is 7.21. The summed E-state index contributed by atoms with van der Waals surface area (Å²) in [4.78, 5) is 13.2. The molecule has 0 spiro atoms. The molecule has 6 heteroatoms. The second-order valence-corrected chi connectivity index (χ2v) is 8.45. The fourth-order valence-corrected chi connectivity index (χ4v) is 4.69. The zero-order chi connectivity index (χ0) is 21.6. The number of carbonyl (C=O) groups is 1. The van der Waals surface area contributed by atoms with Gasteiger partial charge in [0, 0.05) is 15.8 Å². The number of benzene rings is 3. The van der Waals surface area contributed by atoms with Crippen LogP contribution in [0.15, 0.2) is 72.8 Å². The normalized spacial score (nSPS) is 10.8. The molecule has 1 N–H and O–H groups in total. The third-order valence-electron chi connectivity index (χ3n) is 4.88. The lowest BCUT2D eigenvalue weighted by Gasteiger charge is -2.08. The molecule has 0 aliphatic rings. The molecule has 1 aromatic heterocycles. The number of carbonyl (C=O) groups excluding carboxylic acids is 1. The summed E-state index contributed by atoms with van der Waals surface area (Å²) in [5.74, 6) is 1.27. The van der Waals surface area contributed by atoms with Crippen molar-refractivity contribution in [2.45, 2.75) is 12.8 Å². The molecule has 0 atom stereocenters. The summed E-state index contributed by atoms with van der Waals surface area (Å²) in [5.41, 5.74) is 2.00. The van der Waals surface area contributed by atoms with Gasteiger partial charge in [-0.3, -0.25) is 4.79 Å². The summed E-state index contributed by atoms with van der Waals surface area (Å²) in [6.45, 7) is 0.640. The molecule has 4 rings (SSSR count). The SMILES string of the molecule is COc1ccc2c(Cl)c(C(=O)Nc3ccc(OCCCc4ccccc4)cc3)sc2c1. The van der Waals surface area contributed by atoms with E-state index in [0.717, 1.165) is 34.4 Å². The van der Waals surface area contributed by atoms with Crippen molar-refractivity contribution in [1.82, 2.24) is 0 Å². The van der Waals surface area contributed by atoms with Crippen LogP contribution in [-0.2, 0) is 6.42 Å². The van der Waals surface area contributed by atoms with Crippen molar-refractivity contribution in [3.8, 4) is 11.5 Å². The maximum absolute atomic E-state index is 12.7. The van der Waals surface area contributed by atoms with E-state index >= 15 is 0 Å². The van der Waals surface area contributed by atoms with E-state index in [0.29, 0.717) is 22.2 Å². The zero-order valence-electron chi connectivity index (χ0n) is 17.1. The molecule has 0 aliphatic carbocycles. The fraction of sp³-hybridized carbons (Fsp3) is 0.160. The van der Waals surface area contributed by atoms with Gasteiger partial charge in [-0.1, -0.05) is 41.9 Å². The first-order chi connectivity index (χ1) is 15.1. The van der Waals surface area contributed by atoms with Crippen LogP contribution in [-0.4, -0.2) is 19.6 Å². The molecule has 1 heterocycles. The van der Waals surface area contributed by atoms with Crippen LogP contribution in [0.5, 0.6) is 11.5 Å². The van der Waals surface area contributed by atoms with Crippen molar-refractivity contribution < 1.29 is 14.3 Å². The number of anilines is 1. The molecule has 0 unspecified atom stereocenters. The van der Waals surface area contributed by atoms with E-state index in [1.165, 1.54) is 16.9 Å². The first-order valence-corrected chi connectivity index (χ1v) is 11.2. The summed E-state index contributed by atoms with van der Waals surface area (Å²) in [7, 11) is 1.61. The Balaban J connectivity index is 1.34. The van der Waals surface area contributed by atoms with Gasteiger partial charge in [0.2, 0.25) is 0 Å². The number of nitrogens with one attached hydrogen (secondary N) is 1. The minimum Gasteiger partial charge on any atom is -0.497 e. The zero-order valence-corrected chi connectivity index (χ0v) is 18.6. The van der Waals surface area contributed by atoms with Crippen LogP contribution in [0.25, 0.3) is 10.1 Å². The van der Waals surface area contributed by atoms with Crippen molar-refractivity contribution in [3.63, 3.8) is 0 Å². The van der Waals surface area contributed by atoms with Gasteiger partial charge >= 0.3 is 0 Å². The van der Waals surface area contributed by atoms with Gasteiger partial charge in [-0.2, -0.15) is 0 Å². The van der Waals surface area contributed by atoms with E-state index < -0.39 is 0 Å². The number of methoxy groups -OCH3 is 1. The van der Waals surface area contributed by atoms with Gasteiger partial charge in [-0.15, -0.1) is 11.3 Å². The molecule has 0 fully saturated rings. The summed E-state index contributed by atoms with van der Waals surface area (Å²) >= 11 is 7.79. The maximum atomic E-state index is 12.7. The highest BCUT2D eigenvalue weighted by atomic mass is 35.5. The second kappa shape index (κ2) is 9.86. The number of fused-ring (bicyclic) bond motifs is 1. The molecule has 0 aliphatic heterocycles. The Hall–Kier alpha value is -3.02. The molecule has 4 aromatic rings. The van der Waals surface area contributed by atoms with Gasteiger partial charge in [0.1, 0.15) is 16.4 Å². The smallest absolute Gasteiger partial charge is 0.267 e. The van der Waals surface area contributed by atoms with Crippen LogP contribution in [0.4, 0.5) is 5.69 Å². The highest BCUT2D eigenvalue weighted by Gasteiger charge is 2.17. The fourth-order valence-electron chi connectivity index (χ4n) is 3.25. The van der Waals surface area contributed by atoms with E-state index in [4.69, 9.17) is 21.1 Å². The first-order valence-electron chi connectivity index (χ1n) is 9.98. The Morgan fingerprint density at radius 1 is 1.00 bits per heavy atom. The van der Waals surface area contributed by atoms with E-state index in [-0.39, 0.29) is 5.91 Å². The molecule has 0 radical (unpaired) electrons. The van der Waals surface area contributed by atoms with Gasteiger partial charge in [-0.25, -0.2) is 0 Å². The van der Waals surface area contributed by atoms with Crippen molar-refractivity contribution in [3.05, 3.63) is 88.3 Å². The molecule has 3 aromatic carbocycles. The predicted octanol–water partition coefficient (Wildman–Crippen LogP) is 6.83. The van der Waals surface area contributed by atoms with E-state index in [1.807, 2.05) is 60.7 Å². The minimum absolute atomic E-state index is 0.235. The van der Waals surface area contributed by atoms with Crippen LogP contribution in [0.1, 0.15) is 21.7 Å². The van der Waals surface area contributed by atoms with Gasteiger partial charge in [-0.05, 0) is 60.9 Å². The average Bonchev–Trinajstić information content (AvgIpc) is 3.14. The Morgan fingerprint density at radius 3 is 2.48 bits per heavy atom. The van der Waals surface area contributed by atoms with Crippen molar-refractivity contribution in [2.75, 3.05) is 19.0 Å². The molecular weight excluding hydrogens is 430 g/mol. The second-order valence-electron chi connectivity index (χ2n) is 7.02.